The number of hydrogen-bond acceptors (Lipinski definition) is 4. The van der Waals surface area contributed by atoms with E-state index >= 15 is 0 Å². The normalized spacial score (nSPS) is 11.1. The van der Waals surface area contributed by atoms with E-state index in [1.165, 1.54) is 0 Å². The van der Waals surface area contributed by atoms with Gasteiger partial charge in [0.2, 0.25) is 0 Å². The highest BCUT2D eigenvalue weighted by Crippen LogP contribution is 2.21. The van der Waals surface area contributed by atoms with Crippen molar-refractivity contribution in [3.05, 3.63) is 90.8 Å². The van der Waals surface area contributed by atoms with Crippen molar-refractivity contribution < 1.29 is 4.79 Å². The van der Waals surface area contributed by atoms with Crippen LogP contribution in [0.25, 0.3) is 6.08 Å². The topological polar surface area (TPSA) is 57.9 Å². The van der Waals surface area contributed by atoms with Crippen LogP contribution in [0.4, 0.5) is 17.1 Å². The highest BCUT2D eigenvalue weighted by atomic mass is 16.2. The minimum Gasteiger partial charge on any atom is -0.312 e. The molecule has 0 aliphatic carbocycles. The number of carbonyl (C=O) groups excluding carboxylic acids is 1. The summed E-state index contributed by atoms with van der Waals surface area (Å²) in [6.07, 6.45) is 6.70. The fourth-order valence-corrected chi connectivity index (χ4v) is 2.24. The summed E-state index contributed by atoms with van der Waals surface area (Å²) in [5.74, 6) is -0.0972. The van der Waals surface area contributed by atoms with E-state index in [1.54, 1.807) is 48.6 Å². The van der Waals surface area contributed by atoms with Gasteiger partial charge in [-0.25, -0.2) is 0 Å². The molecule has 0 fully saturated rings. The standard InChI is InChI=1S/C21H18N4O/c1-25(21(26)12-7-17-5-3-2-4-6-17)20-10-8-18(9-11-20)23-24-19-13-15-22-16-14-19/h2-16H,1H3/b12-7+,24-23+. The number of benzene rings is 2. The fourth-order valence-electron chi connectivity index (χ4n) is 2.24. The Hall–Kier alpha value is -3.60. The molecule has 0 aliphatic heterocycles. The third-order valence-electron chi connectivity index (χ3n) is 3.73. The first-order valence-corrected chi connectivity index (χ1v) is 8.15. The fraction of sp³-hybridized carbons (Fsp3) is 0.0476. The summed E-state index contributed by atoms with van der Waals surface area (Å²) in [6.45, 7) is 0. The van der Waals surface area contributed by atoms with Crippen LogP contribution >= 0.6 is 0 Å². The molecule has 128 valence electrons. The number of pyridine rings is 1. The zero-order chi connectivity index (χ0) is 18.2. The lowest BCUT2D eigenvalue weighted by molar-refractivity contribution is -0.113. The van der Waals surface area contributed by atoms with Gasteiger partial charge in [-0.15, -0.1) is 0 Å². The molecule has 0 saturated carbocycles. The third kappa shape index (κ3) is 4.70. The van der Waals surface area contributed by atoms with Gasteiger partial charge in [-0.2, -0.15) is 10.2 Å². The molecule has 3 aromatic rings. The highest BCUT2D eigenvalue weighted by molar-refractivity contribution is 6.03. The Morgan fingerprint density at radius 1 is 0.885 bits per heavy atom. The summed E-state index contributed by atoms with van der Waals surface area (Å²) in [5.41, 5.74) is 3.23. The van der Waals surface area contributed by atoms with Gasteiger partial charge >= 0.3 is 0 Å². The van der Waals surface area contributed by atoms with Crippen molar-refractivity contribution in [3.8, 4) is 0 Å². The lowest BCUT2D eigenvalue weighted by atomic mass is 10.2. The van der Waals surface area contributed by atoms with Gasteiger partial charge in [-0.3, -0.25) is 9.78 Å². The van der Waals surface area contributed by atoms with E-state index in [1.807, 2.05) is 54.6 Å². The number of nitrogens with zero attached hydrogens (tertiary/aromatic N) is 4. The molecule has 1 aromatic heterocycles. The number of azo groups is 1. The summed E-state index contributed by atoms with van der Waals surface area (Å²) >= 11 is 0. The Morgan fingerprint density at radius 2 is 1.50 bits per heavy atom. The molecule has 0 aliphatic rings. The van der Waals surface area contributed by atoms with Crippen molar-refractivity contribution in [3.63, 3.8) is 0 Å². The maximum Gasteiger partial charge on any atom is 0.250 e. The van der Waals surface area contributed by atoms with Gasteiger partial charge in [-0.05, 0) is 48.0 Å². The van der Waals surface area contributed by atoms with E-state index in [9.17, 15) is 4.79 Å². The molecular formula is C21H18N4O. The van der Waals surface area contributed by atoms with Crippen molar-refractivity contribution in [1.82, 2.24) is 4.98 Å². The molecule has 5 heteroatoms. The van der Waals surface area contributed by atoms with Gasteiger partial charge in [0.15, 0.2) is 0 Å². The SMILES string of the molecule is CN(C(=O)/C=C/c1ccccc1)c1ccc(/N=N/c2ccncc2)cc1. The van der Waals surface area contributed by atoms with Crippen LogP contribution in [0.5, 0.6) is 0 Å². The molecule has 0 atom stereocenters. The Kier molecular flexibility index (Phi) is 5.62. The number of anilines is 1. The monoisotopic (exact) mass is 342 g/mol. The molecule has 0 spiro atoms. The van der Waals surface area contributed by atoms with E-state index in [-0.39, 0.29) is 5.91 Å². The number of aromatic nitrogens is 1. The molecule has 0 unspecified atom stereocenters. The Balaban J connectivity index is 1.65. The van der Waals surface area contributed by atoms with E-state index < -0.39 is 0 Å². The quantitative estimate of drug-likeness (QED) is 0.474. The second-order valence-electron chi connectivity index (χ2n) is 5.56. The molecular weight excluding hydrogens is 324 g/mol. The molecule has 0 saturated heterocycles. The van der Waals surface area contributed by atoms with Crippen molar-refractivity contribution in [2.45, 2.75) is 0 Å². The third-order valence-corrected chi connectivity index (χ3v) is 3.73. The Morgan fingerprint density at radius 3 is 2.15 bits per heavy atom. The highest BCUT2D eigenvalue weighted by Gasteiger charge is 2.07. The lowest BCUT2D eigenvalue weighted by Gasteiger charge is -2.15. The molecule has 1 amide bonds. The summed E-state index contributed by atoms with van der Waals surface area (Å²) in [7, 11) is 1.74. The first-order valence-electron chi connectivity index (χ1n) is 8.15. The lowest BCUT2D eigenvalue weighted by Crippen LogP contribution is -2.23. The zero-order valence-corrected chi connectivity index (χ0v) is 14.4. The maximum atomic E-state index is 12.3. The van der Waals surface area contributed by atoms with Crippen LogP contribution in [0.2, 0.25) is 0 Å². The smallest absolute Gasteiger partial charge is 0.250 e. The van der Waals surface area contributed by atoms with E-state index in [0.717, 1.165) is 16.9 Å². The summed E-state index contributed by atoms with van der Waals surface area (Å²) < 4.78 is 0. The molecule has 0 radical (unpaired) electrons. The van der Waals surface area contributed by atoms with Crippen molar-refractivity contribution in [2.24, 2.45) is 10.2 Å². The molecule has 3 rings (SSSR count). The Bertz CT molecular complexity index is 904. The Labute approximate surface area is 152 Å². The van der Waals surface area contributed by atoms with Gasteiger partial charge in [0, 0.05) is 31.2 Å². The van der Waals surface area contributed by atoms with Crippen LogP contribution in [0, 0.1) is 0 Å². The number of hydrogen-bond donors (Lipinski definition) is 0. The van der Waals surface area contributed by atoms with Crippen LogP contribution in [0.1, 0.15) is 5.56 Å². The van der Waals surface area contributed by atoms with Gasteiger partial charge in [0.05, 0.1) is 11.4 Å². The van der Waals surface area contributed by atoms with Crippen molar-refractivity contribution >= 4 is 29.0 Å². The van der Waals surface area contributed by atoms with Crippen LogP contribution in [-0.4, -0.2) is 17.9 Å². The second-order valence-corrected chi connectivity index (χ2v) is 5.56. The van der Waals surface area contributed by atoms with Crippen LogP contribution in [-0.2, 0) is 4.79 Å². The predicted octanol–water partition coefficient (Wildman–Crippen LogP) is 5.17. The van der Waals surface area contributed by atoms with Crippen LogP contribution in [0.3, 0.4) is 0 Å². The average molecular weight is 342 g/mol. The van der Waals surface area contributed by atoms with Crippen molar-refractivity contribution in [1.29, 1.82) is 0 Å². The minimum absolute atomic E-state index is 0.0972. The van der Waals surface area contributed by atoms with E-state index in [4.69, 9.17) is 0 Å². The predicted molar refractivity (Wildman–Crippen MR) is 104 cm³/mol. The minimum atomic E-state index is -0.0972. The maximum absolute atomic E-state index is 12.3. The average Bonchev–Trinajstić information content (AvgIpc) is 2.72. The van der Waals surface area contributed by atoms with Crippen LogP contribution < -0.4 is 4.90 Å². The molecule has 26 heavy (non-hydrogen) atoms. The number of likely N-dealkylation sites (N-methyl/N-ethyl adjacent to an activating group) is 1. The second kappa shape index (κ2) is 8.48. The number of carbonyl (C=O) groups is 1. The molecule has 0 N–H and O–H groups in total. The van der Waals surface area contributed by atoms with Crippen molar-refractivity contribution in [2.75, 3.05) is 11.9 Å². The summed E-state index contributed by atoms with van der Waals surface area (Å²) in [6, 6.07) is 20.6. The molecule has 5 nitrogen and oxygen atoms in total. The van der Waals surface area contributed by atoms with Gasteiger partial charge in [0.25, 0.3) is 5.91 Å². The first kappa shape index (κ1) is 17.2. The van der Waals surface area contributed by atoms with Gasteiger partial charge < -0.3 is 4.90 Å². The van der Waals surface area contributed by atoms with E-state index in [2.05, 4.69) is 15.2 Å². The number of amides is 1. The van der Waals surface area contributed by atoms with Crippen LogP contribution in [0.15, 0.2) is 95.4 Å². The summed E-state index contributed by atoms with van der Waals surface area (Å²) in [4.78, 5) is 17.8. The van der Waals surface area contributed by atoms with Gasteiger partial charge in [0.1, 0.15) is 0 Å². The van der Waals surface area contributed by atoms with Gasteiger partial charge in [-0.1, -0.05) is 30.3 Å². The molecule has 2 aromatic carbocycles. The molecule has 0 bridgehead atoms. The zero-order valence-electron chi connectivity index (χ0n) is 14.4. The first-order chi connectivity index (χ1) is 12.7. The summed E-state index contributed by atoms with van der Waals surface area (Å²) in [5, 5.41) is 8.32. The largest absolute Gasteiger partial charge is 0.312 e. The number of rotatable bonds is 5. The molecule has 1 heterocycles. The van der Waals surface area contributed by atoms with E-state index in [0.29, 0.717) is 5.69 Å².